The van der Waals surface area contributed by atoms with Crippen molar-refractivity contribution >= 4 is 51.4 Å². The second kappa shape index (κ2) is 10.3. The van der Waals surface area contributed by atoms with Crippen LogP contribution in [-0.4, -0.2) is 75.6 Å². The molecule has 3 aliphatic rings. The minimum atomic E-state index is -1.38. The van der Waals surface area contributed by atoms with Gasteiger partial charge in [0.2, 0.25) is 11.7 Å². The molecule has 0 radical (unpaired) electrons. The van der Waals surface area contributed by atoms with E-state index in [2.05, 4.69) is 20.2 Å². The lowest BCUT2D eigenvalue weighted by atomic mass is 9.70. The maximum absolute atomic E-state index is 14.0. The number of aromatic amines is 1. The molecular weight excluding hydrogens is 536 g/mol. The number of fused-ring (bicyclic) bond motifs is 2. The average molecular weight is 569 g/mol. The van der Waals surface area contributed by atoms with Gasteiger partial charge in [0.1, 0.15) is 5.54 Å². The van der Waals surface area contributed by atoms with Gasteiger partial charge in [-0.1, -0.05) is 11.6 Å². The van der Waals surface area contributed by atoms with Gasteiger partial charge in [-0.2, -0.15) is 0 Å². The zero-order valence-corrected chi connectivity index (χ0v) is 23.5. The maximum atomic E-state index is 14.0. The van der Waals surface area contributed by atoms with Crippen LogP contribution in [0, 0.1) is 5.92 Å². The van der Waals surface area contributed by atoms with E-state index >= 15 is 0 Å². The number of aromatic nitrogens is 2. The third-order valence-electron chi connectivity index (χ3n) is 8.49. The molecule has 3 unspecified atom stereocenters. The number of hydrogen-bond acceptors (Lipinski definition) is 7. The van der Waals surface area contributed by atoms with Crippen LogP contribution >= 0.6 is 22.9 Å². The van der Waals surface area contributed by atoms with E-state index in [1.807, 2.05) is 18.0 Å². The largest absolute Gasteiger partial charge is 0.352 e. The molecule has 0 bridgehead atoms. The van der Waals surface area contributed by atoms with Crippen molar-refractivity contribution in [2.45, 2.75) is 56.7 Å². The number of carbonyl (C=O) groups is 3. The molecule has 1 aliphatic carbocycles. The van der Waals surface area contributed by atoms with Crippen LogP contribution in [0.3, 0.4) is 0 Å². The van der Waals surface area contributed by atoms with Crippen molar-refractivity contribution in [3.8, 4) is 0 Å². The van der Waals surface area contributed by atoms with Crippen LogP contribution in [0.15, 0.2) is 24.3 Å². The molecule has 1 saturated heterocycles. The lowest BCUT2D eigenvalue weighted by Crippen LogP contribution is -2.66. The number of likely N-dealkylation sites (N-methyl/N-ethyl adjacent to an activating group) is 1. The van der Waals surface area contributed by atoms with Crippen LogP contribution in [0.4, 0.5) is 0 Å². The fourth-order valence-electron chi connectivity index (χ4n) is 6.20. The van der Waals surface area contributed by atoms with Crippen LogP contribution < -0.4 is 11.1 Å². The number of nitrogens with one attached hydrogen (secondary N) is 2. The van der Waals surface area contributed by atoms with Crippen LogP contribution in [0.5, 0.6) is 0 Å². The summed E-state index contributed by atoms with van der Waals surface area (Å²) in [7, 11) is 2.05. The Labute approximate surface area is 236 Å². The van der Waals surface area contributed by atoms with Crippen molar-refractivity contribution in [1.82, 2.24) is 25.1 Å². The van der Waals surface area contributed by atoms with Gasteiger partial charge in [0.05, 0.1) is 17.4 Å². The summed E-state index contributed by atoms with van der Waals surface area (Å²) < 4.78 is 0. The first kappa shape index (κ1) is 26.4. The molecule has 1 aromatic carbocycles. The van der Waals surface area contributed by atoms with E-state index in [-0.39, 0.29) is 29.9 Å². The minimum Gasteiger partial charge on any atom is -0.352 e. The van der Waals surface area contributed by atoms with Gasteiger partial charge in [-0.15, -0.1) is 11.3 Å². The van der Waals surface area contributed by atoms with E-state index in [9.17, 15) is 14.4 Å². The van der Waals surface area contributed by atoms with Crippen molar-refractivity contribution in [1.29, 1.82) is 0 Å². The highest BCUT2D eigenvalue weighted by molar-refractivity contribution is 7.13. The summed E-state index contributed by atoms with van der Waals surface area (Å²) in [5.41, 5.74) is 7.66. The van der Waals surface area contributed by atoms with Gasteiger partial charge >= 0.3 is 0 Å². The standard InChI is InChI=1S/C28H33ClN6O3S/c1-34-11-7-20-22(15-34)39-26(32-20)25(37)33-23-14-16(27(38)35-9-2-3-10-35)6-8-28(23,30)24(36)21-13-17-12-18(29)4-5-19(17)31-21/h4-5,12-13,16,23,31H,2-3,6-11,14-15,30H2,1H3,(H,33,37). The highest BCUT2D eigenvalue weighted by Crippen LogP contribution is 2.36. The molecule has 39 heavy (non-hydrogen) atoms. The van der Waals surface area contributed by atoms with Crippen molar-refractivity contribution in [2.24, 2.45) is 11.7 Å². The third-order valence-corrected chi connectivity index (χ3v) is 9.80. The molecule has 2 aromatic heterocycles. The Morgan fingerprint density at radius 2 is 2.00 bits per heavy atom. The molecule has 9 nitrogen and oxygen atoms in total. The molecule has 11 heteroatoms. The Balaban J connectivity index is 1.29. The van der Waals surface area contributed by atoms with Crippen LogP contribution in [0.25, 0.3) is 10.9 Å². The lowest BCUT2D eigenvalue weighted by Gasteiger charge is -2.43. The fourth-order valence-corrected chi connectivity index (χ4v) is 7.47. The Bertz CT molecular complexity index is 1450. The zero-order chi connectivity index (χ0) is 27.3. The normalized spacial score (nSPS) is 25.6. The van der Waals surface area contributed by atoms with Gasteiger partial charge in [0.25, 0.3) is 5.91 Å². The number of ketones is 1. The van der Waals surface area contributed by atoms with Crippen LogP contribution in [-0.2, 0) is 17.8 Å². The van der Waals surface area contributed by atoms with Gasteiger partial charge in [-0.3, -0.25) is 14.4 Å². The predicted octanol–water partition coefficient (Wildman–Crippen LogP) is 3.37. The number of thiazole rings is 1. The summed E-state index contributed by atoms with van der Waals surface area (Å²) in [6.45, 7) is 3.18. The molecule has 1 saturated carbocycles. The second-order valence-electron chi connectivity index (χ2n) is 11.2. The molecule has 206 valence electrons. The van der Waals surface area contributed by atoms with Gasteiger partial charge < -0.3 is 25.8 Å². The quantitative estimate of drug-likeness (QED) is 0.405. The van der Waals surface area contributed by atoms with E-state index in [0.717, 1.165) is 66.9 Å². The molecule has 2 aliphatic heterocycles. The predicted molar refractivity (Wildman–Crippen MR) is 151 cm³/mol. The number of amides is 2. The second-order valence-corrected chi connectivity index (χ2v) is 12.7. The summed E-state index contributed by atoms with van der Waals surface area (Å²) >= 11 is 7.54. The topological polar surface area (TPSA) is 124 Å². The number of nitrogens with two attached hydrogens (primary N) is 1. The molecule has 2 amide bonds. The minimum absolute atomic E-state index is 0.0919. The number of Topliss-reactive ketones (excluding diaryl/α,β-unsaturated/α-hetero) is 1. The number of rotatable bonds is 5. The monoisotopic (exact) mass is 568 g/mol. The summed E-state index contributed by atoms with van der Waals surface area (Å²) in [5, 5.41) is 4.82. The van der Waals surface area contributed by atoms with Crippen molar-refractivity contribution in [2.75, 3.05) is 26.7 Å². The van der Waals surface area contributed by atoms with Gasteiger partial charge in [0.15, 0.2) is 5.01 Å². The molecule has 0 spiro atoms. The van der Waals surface area contributed by atoms with Crippen LogP contribution in [0.1, 0.15) is 63.0 Å². The first-order valence-corrected chi connectivity index (χ1v) is 14.8. The zero-order valence-electron chi connectivity index (χ0n) is 22.0. The summed E-state index contributed by atoms with van der Waals surface area (Å²) in [6, 6.07) is 6.41. The Kier molecular flexibility index (Phi) is 6.99. The van der Waals surface area contributed by atoms with E-state index < -0.39 is 11.6 Å². The number of nitrogens with zero attached hydrogens (tertiary/aromatic N) is 3. The molecule has 3 atom stereocenters. The van der Waals surface area contributed by atoms with E-state index in [0.29, 0.717) is 28.6 Å². The molecule has 6 rings (SSSR count). The van der Waals surface area contributed by atoms with E-state index in [4.69, 9.17) is 17.3 Å². The highest BCUT2D eigenvalue weighted by Gasteiger charge is 2.49. The lowest BCUT2D eigenvalue weighted by molar-refractivity contribution is -0.136. The average Bonchev–Trinajstić information content (AvgIpc) is 3.68. The van der Waals surface area contributed by atoms with Crippen molar-refractivity contribution < 1.29 is 14.4 Å². The molecule has 4 heterocycles. The Morgan fingerprint density at radius 3 is 2.79 bits per heavy atom. The number of H-pyrrole nitrogens is 1. The van der Waals surface area contributed by atoms with Gasteiger partial charge in [0, 0.05) is 59.3 Å². The number of benzene rings is 1. The number of carbonyl (C=O) groups excluding carboxylic acids is 3. The summed E-state index contributed by atoms with van der Waals surface area (Å²) in [4.78, 5) is 53.8. The third kappa shape index (κ3) is 4.99. The number of likely N-dealkylation sites (tertiary alicyclic amines) is 1. The molecule has 2 fully saturated rings. The first-order chi connectivity index (χ1) is 18.7. The number of halogens is 1. The smallest absolute Gasteiger partial charge is 0.280 e. The fraction of sp³-hybridized carbons (Fsp3) is 0.500. The van der Waals surface area contributed by atoms with Crippen molar-refractivity contribution in [3.05, 3.63) is 50.6 Å². The van der Waals surface area contributed by atoms with Gasteiger partial charge in [-0.25, -0.2) is 4.98 Å². The SMILES string of the molecule is CN1CCc2nc(C(=O)NC3CC(C(=O)N4CCCC4)CCC3(N)C(=O)c3cc4cc(Cl)ccc4[nH]3)sc2C1. The first-order valence-electron chi connectivity index (χ1n) is 13.6. The van der Waals surface area contributed by atoms with Crippen molar-refractivity contribution in [3.63, 3.8) is 0 Å². The molecule has 4 N–H and O–H groups in total. The Hall–Kier alpha value is -2.79. The highest BCUT2D eigenvalue weighted by atomic mass is 35.5. The Morgan fingerprint density at radius 1 is 1.21 bits per heavy atom. The molecule has 3 aromatic rings. The van der Waals surface area contributed by atoms with E-state index in [1.165, 1.54) is 11.3 Å². The van der Waals surface area contributed by atoms with E-state index in [1.54, 1.807) is 18.2 Å². The van der Waals surface area contributed by atoms with Crippen LogP contribution in [0.2, 0.25) is 5.02 Å². The summed E-state index contributed by atoms with van der Waals surface area (Å²) in [6.07, 6.45) is 3.90. The summed E-state index contributed by atoms with van der Waals surface area (Å²) in [5.74, 6) is -0.832. The molecular formula is C28H33ClN6O3S. The number of hydrogen-bond donors (Lipinski definition) is 3. The van der Waals surface area contributed by atoms with Gasteiger partial charge in [-0.05, 0) is 63.4 Å². The maximum Gasteiger partial charge on any atom is 0.280 e.